The number of carbonyl (C=O) groups is 2. The third-order valence-corrected chi connectivity index (χ3v) is 7.98. The van der Waals surface area contributed by atoms with Crippen LogP contribution in [-0.4, -0.2) is 56.0 Å². The summed E-state index contributed by atoms with van der Waals surface area (Å²) in [6.45, 7) is 13.8. The predicted octanol–water partition coefficient (Wildman–Crippen LogP) is 4.64. The number of fused-ring (bicyclic) bond motifs is 1. The number of carbonyl (C=O) groups excluding carboxylic acids is 2. The first-order valence-corrected chi connectivity index (χ1v) is 12.5. The molecule has 178 valence electrons. The Morgan fingerprint density at radius 1 is 1.09 bits per heavy atom. The summed E-state index contributed by atoms with van der Waals surface area (Å²) in [5, 5.41) is 0. The van der Waals surface area contributed by atoms with Gasteiger partial charge in [-0.3, -0.25) is 9.69 Å². The largest absolute Gasteiger partial charge is 0.462 e. The first-order chi connectivity index (χ1) is 15.9. The van der Waals surface area contributed by atoms with Gasteiger partial charge in [-0.1, -0.05) is 37.3 Å². The maximum absolute atomic E-state index is 12.7. The molecule has 3 aliphatic rings. The molecule has 1 saturated heterocycles. The number of para-hydroxylation sites is 1. The molecule has 0 amide bonds. The number of hydrogen-bond donors (Lipinski definition) is 0. The fourth-order valence-electron chi connectivity index (χ4n) is 5.69. The van der Waals surface area contributed by atoms with E-state index in [-0.39, 0.29) is 17.7 Å². The molecule has 5 heteroatoms. The van der Waals surface area contributed by atoms with Crippen LogP contribution >= 0.6 is 0 Å². The van der Waals surface area contributed by atoms with Gasteiger partial charge in [0, 0.05) is 50.4 Å². The zero-order valence-corrected chi connectivity index (χ0v) is 20.2. The molecule has 1 aromatic rings. The summed E-state index contributed by atoms with van der Waals surface area (Å²) < 4.78 is 5.61. The molecular weight excluding hydrogens is 412 g/mol. The minimum atomic E-state index is -0.262. The van der Waals surface area contributed by atoms with Gasteiger partial charge in [0.25, 0.3) is 0 Å². The molecule has 1 unspecified atom stereocenters. The molecule has 33 heavy (non-hydrogen) atoms. The SMILES string of the molecule is C=C(C(=O)OCCCN1CCN(c2ccccc2)CC1)C1CC[C@@H](C)[C@H]2CC(=O)C(C)=C2C1. The van der Waals surface area contributed by atoms with Crippen molar-refractivity contribution in [1.29, 1.82) is 0 Å². The van der Waals surface area contributed by atoms with Crippen LogP contribution in [0.3, 0.4) is 0 Å². The van der Waals surface area contributed by atoms with E-state index in [1.807, 2.05) is 6.92 Å². The van der Waals surface area contributed by atoms with E-state index in [4.69, 9.17) is 4.74 Å². The molecule has 3 atom stereocenters. The number of benzene rings is 1. The number of allylic oxidation sites excluding steroid dienone is 2. The van der Waals surface area contributed by atoms with E-state index in [0.29, 0.717) is 30.4 Å². The van der Waals surface area contributed by atoms with Gasteiger partial charge in [0.1, 0.15) is 0 Å². The maximum Gasteiger partial charge on any atom is 0.333 e. The van der Waals surface area contributed by atoms with Crippen molar-refractivity contribution in [3.05, 3.63) is 53.6 Å². The van der Waals surface area contributed by atoms with Crippen molar-refractivity contribution in [3.8, 4) is 0 Å². The average molecular weight is 451 g/mol. The van der Waals surface area contributed by atoms with E-state index in [1.54, 1.807) is 0 Å². The fourth-order valence-corrected chi connectivity index (χ4v) is 5.69. The summed E-state index contributed by atoms with van der Waals surface area (Å²) in [5.74, 6) is 0.945. The molecule has 0 spiro atoms. The van der Waals surface area contributed by atoms with Crippen molar-refractivity contribution >= 4 is 17.4 Å². The number of rotatable bonds is 7. The lowest BCUT2D eigenvalue weighted by atomic mass is 9.86. The summed E-state index contributed by atoms with van der Waals surface area (Å²) >= 11 is 0. The van der Waals surface area contributed by atoms with Crippen LogP contribution in [0.4, 0.5) is 5.69 Å². The lowest BCUT2D eigenvalue weighted by molar-refractivity contribution is -0.139. The number of anilines is 1. The average Bonchev–Trinajstić information content (AvgIpc) is 3.02. The predicted molar refractivity (Wildman–Crippen MR) is 132 cm³/mol. The molecule has 4 rings (SSSR count). The highest BCUT2D eigenvalue weighted by atomic mass is 16.5. The standard InChI is InChI=1S/C28H38N2O3/c1-20-10-11-23(18-26-22(3)27(31)19-25(20)26)21(2)28(32)33-17-7-12-29-13-15-30(16-14-29)24-8-5-4-6-9-24/h4-6,8-9,20,23,25H,2,7,10-19H2,1,3H3/t20-,23?,25-/m1/s1. The third kappa shape index (κ3) is 5.57. The first-order valence-electron chi connectivity index (χ1n) is 12.5. The molecule has 2 fully saturated rings. The van der Waals surface area contributed by atoms with E-state index in [1.165, 1.54) is 11.3 Å². The molecule has 0 N–H and O–H groups in total. The molecule has 2 aliphatic carbocycles. The van der Waals surface area contributed by atoms with Crippen molar-refractivity contribution in [1.82, 2.24) is 4.90 Å². The molecular formula is C28H38N2O3. The molecule has 1 aromatic carbocycles. The summed E-state index contributed by atoms with van der Waals surface area (Å²) in [6, 6.07) is 10.6. The summed E-state index contributed by atoms with van der Waals surface area (Å²) in [6.07, 6.45) is 4.24. The van der Waals surface area contributed by atoms with Gasteiger partial charge >= 0.3 is 5.97 Å². The Bertz CT molecular complexity index is 899. The molecule has 1 heterocycles. The van der Waals surface area contributed by atoms with Crippen LogP contribution in [0.2, 0.25) is 0 Å². The monoisotopic (exact) mass is 450 g/mol. The Hall–Kier alpha value is -2.40. The van der Waals surface area contributed by atoms with Gasteiger partial charge in [0.05, 0.1) is 6.61 Å². The van der Waals surface area contributed by atoms with Crippen LogP contribution < -0.4 is 4.90 Å². The Balaban J connectivity index is 1.19. The van der Waals surface area contributed by atoms with E-state index in [2.05, 4.69) is 53.6 Å². The fraction of sp³-hybridized carbons (Fsp3) is 0.571. The molecule has 5 nitrogen and oxygen atoms in total. The minimum Gasteiger partial charge on any atom is -0.462 e. The second kappa shape index (κ2) is 10.7. The van der Waals surface area contributed by atoms with Gasteiger partial charge in [0.2, 0.25) is 0 Å². The van der Waals surface area contributed by atoms with Crippen LogP contribution in [0.1, 0.15) is 46.0 Å². The molecule has 0 radical (unpaired) electrons. The van der Waals surface area contributed by atoms with Gasteiger partial charge in [-0.15, -0.1) is 0 Å². The van der Waals surface area contributed by atoms with Crippen LogP contribution in [0, 0.1) is 17.8 Å². The van der Waals surface area contributed by atoms with Gasteiger partial charge in [-0.25, -0.2) is 4.79 Å². The molecule has 1 saturated carbocycles. The summed E-state index contributed by atoms with van der Waals surface area (Å²) in [5.41, 5.74) is 4.06. The van der Waals surface area contributed by atoms with Crippen LogP contribution in [-0.2, 0) is 14.3 Å². The zero-order chi connectivity index (χ0) is 23.4. The number of Topliss-reactive ketones (excluding diaryl/α,β-unsaturated/α-hetero) is 1. The van der Waals surface area contributed by atoms with Gasteiger partial charge in [0.15, 0.2) is 5.78 Å². The van der Waals surface area contributed by atoms with Crippen LogP contribution in [0.15, 0.2) is 53.6 Å². The van der Waals surface area contributed by atoms with E-state index >= 15 is 0 Å². The van der Waals surface area contributed by atoms with Crippen molar-refractivity contribution in [2.24, 2.45) is 17.8 Å². The Labute approximate surface area is 198 Å². The van der Waals surface area contributed by atoms with Crippen LogP contribution in [0.25, 0.3) is 0 Å². The first kappa shape index (κ1) is 23.7. The van der Waals surface area contributed by atoms with Gasteiger partial charge < -0.3 is 9.64 Å². The normalized spacial score (nSPS) is 26.2. The van der Waals surface area contributed by atoms with Crippen molar-refractivity contribution in [3.63, 3.8) is 0 Å². The van der Waals surface area contributed by atoms with E-state index in [0.717, 1.165) is 64.0 Å². The highest BCUT2D eigenvalue weighted by Crippen LogP contribution is 2.45. The Morgan fingerprint density at radius 3 is 2.55 bits per heavy atom. The number of nitrogens with zero attached hydrogens (tertiary/aromatic N) is 2. The lowest BCUT2D eigenvalue weighted by Gasteiger charge is -2.36. The smallest absolute Gasteiger partial charge is 0.333 e. The van der Waals surface area contributed by atoms with Crippen LogP contribution in [0.5, 0.6) is 0 Å². The number of ether oxygens (including phenoxy) is 1. The van der Waals surface area contributed by atoms with E-state index in [9.17, 15) is 9.59 Å². The van der Waals surface area contributed by atoms with Crippen molar-refractivity contribution in [2.45, 2.75) is 46.0 Å². The summed E-state index contributed by atoms with van der Waals surface area (Å²) in [7, 11) is 0. The van der Waals surface area contributed by atoms with Crippen molar-refractivity contribution < 1.29 is 14.3 Å². The molecule has 1 aliphatic heterocycles. The Morgan fingerprint density at radius 2 is 1.82 bits per heavy atom. The highest BCUT2D eigenvalue weighted by Gasteiger charge is 2.38. The minimum absolute atomic E-state index is 0.0897. The number of piperazine rings is 1. The maximum atomic E-state index is 12.7. The molecule has 0 bridgehead atoms. The number of hydrogen-bond acceptors (Lipinski definition) is 5. The topological polar surface area (TPSA) is 49.9 Å². The second-order valence-corrected chi connectivity index (χ2v) is 10.0. The zero-order valence-electron chi connectivity index (χ0n) is 20.2. The third-order valence-electron chi connectivity index (χ3n) is 7.98. The second-order valence-electron chi connectivity index (χ2n) is 10.0. The highest BCUT2D eigenvalue weighted by molar-refractivity contribution is 5.98. The van der Waals surface area contributed by atoms with Crippen molar-refractivity contribution in [2.75, 3.05) is 44.2 Å². The summed E-state index contributed by atoms with van der Waals surface area (Å²) in [4.78, 5) is 29.8. The molecule has 0 aromatic heterocycles. The lowest BCUT2D eigenvalue weighted by Crippen LogP contribution is -2.46. The number of esters is 1. The van der Waals surface area contributed by atoms with Gasteiger partial charge in [-0.05, 0) is 68.1 Å². The van der Waals surface area contributed by atoms with Gasteiger partial charge in [-0.2, -0.15) is 0 Å². The quantitative estimate of drug-likeness (QED) is 0.344. The van der Waals surface area contributed by atoms with E-state index < -0.39 is 0 Å². The Kier molecular flexibility index (Phi) is 7.69. The number of ketones is 1.